The largest absolute Gasteiger partial charge is 0.383 e. The molecule has 3 N–H and O–H groups in total. The minimum Gasteiger partial charge on any atom is -0.383 e. The smallest absolute Gasteiger partial charge is 0.332 e. The van der Waals surface area contributed by atoms with Crippen molar-refractivity contribution < 1.29 is 4.79 Å². The van der Waals surface area contributed by atoms with Crippen molar-refractivity contribution in [2.24, 2.45) is 14.1 Å². The maximum absolute atomic E-state index is 12.0. The van der Waals surface area contributed by atoms with E-state index in [9.17, 15) is 14.4 Å². The average Bonchev–Trinajstić information content (AvgIpc) is 3.01. The number of carbonyl (C=O) groups is 1. The molecule has 2 rings (SSSR count). The number of nitrogen functional groups attached to an aromatic ring is 1. The number of carbonyl (C=O) groups excluding carboxylic acids is 1. The van der Waals surface area contributed by atoms with E-state index in [4.69, 9.17) is 5.73 Å². The molecule has 22 heavy (non-hydrogen) atoms. The van der Waals surface area contributed by atoms with Gasteiger partial charge in [-0.1, -0.05) is 12.2 Å². The van der Waals surface area contributed by atoms with E-state index in [1.807, 2.05) is 22.9 Å². The number of hydrogen-bond acceptors (Lipinski definition) is 5. The second kappa shape index (κ2) is 6.44. The molecule has 1 amide bonds. The second-order valence-electron chi connectivity index (χ2n) is 4.68. The summed E-state index contributed by atoms with van der Waals surface area (Å²) in [6.07, 6.45) is 3.61. The highest BCUT2D eigenvalue weighted by Gasteiger charge is 2.14. The topological polar surface area (TPSA) is 99.1 Å². The van der Waals surface area contributed by atoms with Gasteiger partial charge in [0.2, 0.25) is 5.91 Å². The van der Waals surface area contributed by atoms with Gasteiger partial charge < -0.3 is 11.1 Å². The molecule has 0 atom stereocenters. The van der Waals surface area contributed by atoms with E-state index in [2.05, 4.69) is 5.32 Å². The summed E-state index contributed by atoms with van der Waals surface area (Å²) >= 11 is 1.56. The Kier molecular flexibility index (Phi) is 4.62. The van der Waals surface area contributed by atoms with Gasteiger partial charge >= 0.3 is 5.69 Å². The highest BCUT2D eigenvalue weighted by atomic mass is 32.1. The highest BCUT2D eigenvalue weighted by molar-refractivity contribution is 7.08. The Labute approximate surface area is 130 Å². The maximum Gasteiger partial charge on any atom is 0.332 e. The lowest BCUT2D eigenvalue weighted by atomic mass is 10.2. The first-order chi connectivity index (χ1) is 10.4. The summed E-state index contributed by atoms with van der Waals surface area (Å²) in [6, 6.07) is 1.93. The van der Waals surface area contributed by atoms with E-state index in [0.717, 1.165) is 14.7 Å². The first-order valence-electron chi connectivity index (χ1n) is 6.46. The van der Waals surface area contributed by atoms with Crippen LogP contribution in [0.3, 0.4) is 0 Å². The zero-order valence-electron chi connectivity index (χ0n) is 12.2. The molecule has 0 aliphatic carbocycles. The van der Waals surface area contributed by atoms with Crippen LogP contribution in [0.2, 0.25) is 0 Å². The first kappa shape index (κ1) is 15.8. The van der Waals surface area contributed by atoms with Gasteiger partial charge in [0.15, 0.2) is 0 Å². The third-order valence-electron chi connectivity index (χ3n) is 3.13. The molecule has 0 saturated carbocycles. The van der Waals surface area contributed by atoms with Crippen LogP contribution in [0.25, 0.3) is 6.08 Å². The summed E-state index contributed by atoms with van der Waals surface area (Å²) in [4.78, 5) is 35.6. The van der Waals surface area contributed by atoms with Crippen LogP contribution in [0, 0.1) is 0 Å². The minimum absolute atomic E-state index is 0.0664. The molecule has 0 spiro atoms. The van der Waals surface area contributed by atoms with Crippen molar-refractivity contribution in [2.75, 3.05) is 11.1 Å². The van der Waals surface area contributed by atoms with Crippen LogP contribution in [-0.2, 0) is 18.9 Å². The van der Waals surface area contributed by atoms with Crippen LogP contribution in [0.4, 0.5) is 11.5 Å². The first-order valence-corrected chi connectivity index (χ1v) is 7.40. The Morgan fingerprint density at radius 3 is 2.73 bits per heavy atom. The number of nitrogens with one attached hydrogen (secondary N) is 1. The normalized spacial score (nSPS) is 11.0. The highest BCUT2D eigenvalue weighted by Crippen LogP contribution is 2.11. The molecule has 0 unspecified atom stereocenters. The summed E-state index contributed by atoms with van der Waals surface area (Å²) < 4.78 is 2.01. The van der Waals surface area contributed by atoms with Crippen LogP contribution in [0.5, 0.6) is 0 Å². The van der Waals surface area contributed by atoms with E-state index in [-0.39, 0.29) is 23.8 Å². The molecule has 2 aromatic heterocycles. The molecule has 116 valence electrons. The van der Waals surface area contributed by atoms with Crippen molar-refractivity contribution in [3.8, 4) is 0 Å². The molecule has 0 aliphatic heterocycles. The molecule has 2 heterocycles. The molecule has 8 heteroatoms. The zero-order chi connectivity index (χ0) is 16.3. The fourth-order valence-electron chi connectivity index (χ4n) is 1.84. The average molecular weight is 320 g/mol. The van der Waals surface area contributed by atoms with Crippen LogP contribution >= 0.6 is 11.3 Å². The molecule has 2 aromatic rings. The van der Waals surface area contributed by atoms with Gasteiger partial charge in [0.1, 0.15) is 11.5 Å². The Morgan fingerprint density at radius 2 is 2.09 bits per heavy atom. The molecular formula is C14H16N4O3S. The molecule has 0 fully saturated rings. The maximum atomic E-state index is 12.0. The summed E-state index contributed by atoms with van der Waals surface area (Å²) in [5.41, 5.74) is 5.48. The fourth-order valence-corrected chi connectivity index (χ4v) is 2.47. The number of amides is 1. The molecule has 7 nitrogen and oxygen atoms in total. The van der Waals surface area contributed by atoms with E-state index in [0.29, 0.717) is 0 Å². The number of thiophene rings is 1. The number of hydrogen-bond donors (Lipinski definition) is 2. The van der Waals surface area contributed by atoms with Crippen molar-refractivity contribution >= 4 is 34.8 Å². The second-order valence-corrected chi connectivity index (χ2v) is 5.46. The van der Waals surface area contributed by atoms with Gasteiger partial charge in [-0.05, 0) is 22.4 Å². The number of nitrogens with two attached hydrogens (primary N) is 1. The van der Waals surface area contributed by atoms with E-state index in [1.54, 1.807) is 17.4 Å². The number of aromatic nitrogens is 2. The SMILES string of the molecule is Cn1c(N)c(NC(=O)C/C=C/c2ccsc2)c(=O)n(C)c1=O. The Bertz CT molecular complexity index is 831. The molecule has 0 aliphatic rings. The Balaban J connectivity index is 2.16. The van der Waals surface area contributed by atoms with Gasteiger partial charge in [0.05, 0.1) is 0 Å². The van der Waals surface area contributed by atoms with Gasteiger partial charge in [-0.15, -0.1) is 0 Å². The van der Waals surface area contributed by atoms with Crippen LogP contribution < -0.4 is 22.3 Å². The van der Waals surface area contributed by atoms with Crippen LogP contribution in [0.1, 0.15) is 12.0 Å². The summed E-state index contributed by atoms with van der Waals surface area (Å²) in [5.74, 6) is -0.447. The van der Waals surface area contributed by atoms with Crippen LogP contribution in [-0.4, -0.2) is 15.0 Å². The minimum atomic E-state index is -0.629. The quantitative estimate of drug-likeness (QED) is 0.869. The summed E-state index contributed by atoms with van der Waals surface area (Å²) in [5, 5.41) is 6.35. The molecular weight excluding hydrogens is 304 g/mol. The summed E-state index contributed by atoms with van der Waals surface area (Å²) in [6.45, 7) is 0. The van der Waals surface area contributed by atoms with Gasteiger partial charge in [-0.3, -0.25) is 18.7 Å². The molecule has 0 radical (unpaired) electrons. The van der Waals surface area contributed by atoms with Gasteiger partial charge in [-0.25, -0.2) is 4.79 Å². The van der Waals surface area contributed by atoms with E-state index in [1.165, 1.54) is 14.1 Å². The van der Waals surface area contributed by atoms with Crippen LogP contribution in [0.15, 0.2) is 32.5 Å². The predicted molar refractivity (Wildman–Crippen MR) is 87.9 cm³/mol. The third-order valence-corrected chi connectivity index (χ3v) is 3.83. The van der Waals surface area contributed by atoms with Crippen molar-refractivity contribution in [3.05, 3.63) is 49.3 Å². The van der Waals surface area contributed by atoms with Crippen molar-refractivity contribution in [3.63, 3.8) is 0 Å². The van der Waals surface area contributed by atoms with Crippen molar-refractivity contribution in [1.82, 2.24) is 9.13 Å². The molecule has 0 aromatic carbocycles. The lowest BCUT2D eigenvalue weighted by Gasteiger charge is -2.11. The standard InChI is InChI=1S/C14H16N4O3S/c1-17-12(15)11(13(20)18(2)14(17)21)16-10(19)5-3-4-9-6-7-22-8-9/h3-4,6-8H,5,15H2,1-2H3,(H,16,19)/b4-3+. The fraction of sp³-hybridized carbons (Fsp3) is 0.214. The zero-order valence-corrected chi connectivity index (χ0v) is 13.0. The predicted octanol–water partition coefficient (Wildman–Crippen LogP) is 0.770. The molecule has 0 saturated heterocycles. The van der Waals surface area contributed by atoms with Crippen molar-refractivity contribution in [1.29, 1.82) is 0 Å². The number of anilines is 2. The Morgan fingerprint density at radius 1 is 1.36 bits per heavy atom. The van der Waals surface area contributed by atoms with Crippen molar-refractivity contribution in [2.45, 2.75) is 6.42 Å². The van der Waals surface area contributed by atoms with E-state index >= 15 is 0 Å². The monoisotopic (exact) mass is 320 g/mol. The van der Waals surface area contributed by atoms with E-state index < -0.39 is 11.2 Å². The number of nitrogens with zero attached hydrogens (tertiary/aromatic N) is 2. The lowest BCUT2D eigenvalue weighted by molar-refractivity contribution is -0.115. The number of rotatable bonds is 4. The molecule has 0 bridgehead atoms. The van der Waals surface area contributed by atoms with Gasteiger partial charge in [-0.2, -0.15) is 11.3 Å². The third kappa shape index (κ3) is 3.17. The lowest BCUT2D eigenvalue weighted by Crippen LogP contribution is -2.40. The Hall–Kier alpha value is -2.61. The summed E-state index contributed by atoms with van der Waals surface area (Å²) in [7, 11) is 2.76. The van der Waals surface area contributed by atoms with Gasteiger partial charge in [0.25, 0.3) is 5.56 Å². The van der Waals surface area contributed by atoms with Gasteiger partial charge in [0, 0.05) is 20.5 Å².